The molecule has 2 heterocycles. The highest BCUT2D eigenvalue weighted by Crippen LogP contribution is 2.18. The first-order chi connectivity index (χ1) is 13.0. The number of hydrogen-bond donors (Lipinski definition) is 2. The molecule has 0 unspecified atom stereocenters. The Hall–Kier alpha value is -3.00. The Kier molecular flexibility index (Phi) is 5.66. The quantitative estimate of drug-likeness (QED) is 0.634. The molecule has 140 valence electrons. The molecule has 2 N–H and O–H groups in total. The summed E-state index contributed by atoms with van der Waals surface area (Å²) in [6, 6.07) is 7.83. The fraction of sp³-hybridized carbons (Fsp3) is 0.222. The maximum Gasteiger partial charge on any atom is 0.255 e. The number of benzene rings is 1. The van der Waals surface area contributed by atoms with E-state index in [1.807, 2.05) is 19.9 Å². The van der Waals surface area contributed by atoms with Crippen molar-refractivity contribution < 1.29 is 9.18 Å². The Bertz CT molecular complexity index is 954. The largest absolute Gasteiger partial charge is 0.368 e. The Morgan fingerprint density at radius 1 is 1.22 bits per heavy atom. The molecule has 0 bridgehead atoms. The second-order valence-corrected chi connectivity index (χ2v) is 6.29. The summed E-state index contributed by atoms with van der Waals surface area (Å²) in [7, 11) is 0. The lowest BCUT2D eigenvalue weighted by Gasteiger charge is -2.10. The van der Waals surface area contributed by atoms with Gasteiger partial charge < -0.3 is 10.6 Å². The maximum absolute atomic E-state index is 13.7. The molecule has 3 rings (SSSR count). The standard InChI is InChI=1S/C18H18ClFN6O/c1-11-8-12(2)26(25-11)16-9-15(23-10-24-16)21-6-7-22-18(27)17-13(19)4-3-5-14(17)20/h3-5,8-10H,6-7H2,1-2H3,(H,22,27)(H,21,23,24). The van der Waals surface area contributed by atoms with Crippen LogP contribution in [0.3, 0.4) is 0 Å². The number of nitrogens with one attached hydrogen (secondary N) is 2. The number of hydrogen-bond acceptors (Lipinski definition) is 5. The lowest BCUT2D eigenvalue weighted by Crippen LogP contribution is -2.29. The van der Waals surface area contributed by atoms with Gasteiger partial charge in [-0.05, 0) is 32.0 Å². The molecule has 7 nitrogen and oxygen atoms in total. The lowest BCUT2D eigenvalue weighted by molar-refractivity contribution is 0.0951. The Balaban J connectivity index is 1.58. The molecule has 0 spiro atoms. The van der Waals surface area contributed by atoms with Gasteiger partial charge in [-0.1, -0.05) is 17.7 Å². The molecule has 1 amide bonds. The molecule has 0 radical (unpaired) electrons. The first kappa shape index (κ1) is 18.8. The highest BCUT2D eigenvalue weighted by atomic mass is 35.5. The summed E-state index contributed by atoms with van der Waals surface area (Å²) in [5.74, 6) is 0.00945. The van der Waals surface area contributed by atoms with Gasteiger partial charge in [0.25, 0.3) is 5.91 Å². The zero-order valence-corrected chi connectivity index (χ0v) is 15.6. The van der Waals surface area contributed by atoms with Gasteiger partial charge in [0.05, 0.1) is 16.3 Å². The minimum Gasteiger partial charge on any atom is -0.368 e. The van der Waals surface area contributed by atoms with E-state index >= 15 is 0 Å². The summed E-state index contributed by atoms with van der Waals surface area (Å²) >= 11 is 5.88. The summed E-state index contributed by atoms with van der Waals surface area (Å²) in [5, 5.41) is 10.2. The van der Waals surface area contributed by atoms with Crippen molar-refractivity contribution in [3.63, 3.8) is 0 Å². The van der Waals surface area contributed by atoms with Crippen LogP contribution in [-0.2, 0) is 0 Å². The topological polar surface area (TPSA) is 84.7 Å². The third kappa shape index (κ3) is 4.40. The molecule has 0 aliphatic carbocycles. The zero-order valence-electron chi connectivity index (χ0n) is 14.8. The number of anilines is 1. The molecule has 0 atom stereocenters. The van der Waals surface area contributed by atoms with Gasteiger partial charge in [0.15, 0.2) is 5.82 Å². The SMILES string of the molecule is Cc1cc(C)n(-c2cc(NCCNC(=O)c3c(F)cccc3Cl)ncn2)n1. The van der Waals surface area contributed by atoms with Crippen molar-refractivity contribution in [3.8, 4) is 5.82 Å². The van der Waals surface area contributed by atoms with Gasteiger partial charge in [0.1, 0.15) is 18.0 Å². The molecular formula is C18H18ClFN6O. The molecule has 0 saturated carbocycles. The molecule has 1 aromatic carbocycles. The van der Waals surface area contributed by atoms with Crippen LogP contribution in [0, 0.1) is 19.7 Å². The van der Waals surface area contributed by atoms with E-state index in [2.05, 4.69) is 25.7 Å². The van der Waals surface area contributed by atoms with Gasteiger partial charge >= 0.3 is 0 Å². The Morgan fingerprint density at radius 2 is 2.04 bits per heavy atom. The Morgan fingerprint density at radius 3 is 2.74 bits per heavy atom. The first-order valence-corrected chi connectivity index (χ1v) is 8.65. The van der Waals surface area contributed by atoms with Crippen LogP contribution >= 0.6 is 11.6 Å². The summed E-state index contributed by atoms with van der Waals surface area (Å²) < 4.78 is 15.5. The van der Waals surface area contributed by atoms with E-state index in [1.165, 1.54) is 24.5 Å². The number of nitrogens with zero attached hydrogens (tertiary/aromatic N) is 4. The summed E-state index contributed by atoms with van der Waals surface area (Å²) in [5.41, 5.74) is 1.70. The van der Waals surface area contributed by atoms with Crippen molar-refractivity contribution in [1.29, 1.82) is 0 Å². The van der Waals surface area contributed by atoms with Crippen LogP contribution < -0.4 is 10.6 Å². The van der Waals surface area contributed by atoms with Gasteiger partial charge in [0, 0.05) is 24.8 Å². The van der Waals surface area contributed by atoms with E-state index in [0.717, 1.165) is 11.4 Å². The van der Waals surface area contributed by atoms with Crippen LogP contribution in [0.15, 0.2) is 36.7 Å². The normalized spacial score (nSPS) is 10.7. The monoisotopic (exact) mass is 388 g/mol. The Labute approximate surface area is 160 Å². The van der Waals surface area contributed by atoms with E-state index in [1.54, 1.807) is 10.7 Å². The lowest BCUT2D eigenvalue weighted by atomic mass is 10.2. The van der Waals surface area contributed by atoms with E-state index in [9.17, 15) is 9.18 Å². The fourth-order valence-electron chi connectivity index (χ4n) is 2.59. The van der Waals surface area contributed by atoms with Crippen LogP contribution in [0.2, 0.25) is 5.02 Å². The van der Waals surface area contributed by atoms with Gasteiger partial charge in [0.2, 0.25) is 0 Å². The van der Waals surface area contributed by atoms with Crippen molar-refractivity contribution in [1.82, 2.24) is 25.1 Å². The first-order valence-electron chi connectivity index (χ1n) is 8.27. The van der Waals surface area contributed by atoms with Crippen molar-refractivity contribution in [3.05, 3.63) is 64.5 Å². The molecule has 27 heavy (non-hydrogen) atoms. The maximum atomic E-state index is 13.7. The smallest absolute Gasteiger partial charge is 0.255 e. The third-order valence-electron chi connectivity index (χ3n) is 3.79. The molecule has 0 aliphatic heterocycles. The minimum absolute atomic E-state index is 0.0748. The highest BCUT2D eigenvalue weighted by molar-refractivity contribution is 6.33. The van der Waals surface area contributed by atoms with Crippen molar-refractivity contribution >= 4 is 23.3 Å². The second kappa shape index (κ2) is 8.13. The van der Waals surface area contributed by atoms with E-state index in [0.29, 0.717) is 18.2 Å². The van der Waals surface area contributed by atoms with Crippen molar-refractivity contribution in [2.75, 3.05) is 18.4 Å². The number of rotatable bonds is 6. The molecule has 3 aromatic rings. The molecular weight excluding hydrogens is 371 g/mol. The zero-order chi connectivity index (χ0) is 19.4. The van der Waals surface area contributed by atoms with Crippen LogP contribution in [0.5, 0.6) is 0 Å². The van der Waals surface area contributed by atoms with Crippen LogP contribution in [0.25, 0.3) is 5.82 Å². The average Bonchev–Trinajstić information content (AvgIpc) is 2.97. The molecule has 9 heteroatoms. The van der Waals surface area contributed by atoms with Crippen molar-refractivity contribution in [2.45, 2.75) is 13.8 Å². The number of aromatic nitrogens is 4. The predicted molar refractivity (Wildman–Crippen MR) is 101 cm³/mol. The molecule has 2 aromatic heterocycles. The number of carbonyl (C=O) groups is 1. The number of aryl methyl sites for hydroxylation is 2. The summed E-state index contributed by atoms with van der Waals surface area (Å²) in [6.07, 6.45) is 1.44. The van der Waals surface area contributed by atoms with Gasteiger partial charge in [-0.25, -0.2) is 19.0 Å². The molecule has 0 fully saturated rings. The molecule has 0 aliphatic rings. The van der Waals surface area contributed by atoms with Gasteiger partial charge in [-0.2, -0.15) is 5.10 Å². The molecule has 0 saturated heterocycles. The summed E-state index contributed by atoms with van der Waals surface area (Å²) in [6.45, 7) is 4.51. The third-order valence-corrected chi connectivity index (χ3v) is 4.10. The predicted octanol–water partition coefficient (Wildman–Crippen LogP) is 2.91. The fourth-order valence-corrected chi connectivity index (χ4v) is 2.84. The number of amides is 1. The van der Waals surface area contributed by atoms with Crippen molar-refractivity contribution in [2.24, 2.45) is 0 Å². The summed E-state index contributed by atoms with van der Waals surface area (Å²) in [4.78, 5) is 20.4. The average molecular weight is 389 g/mol. The van der Waals surface area contributed by atoms with Gasteiger partial charge in [-0.15, -0.1) is 0 Å². The minimum atomic E-state index is -0.654. The van der Waals surface area contributed by atoms with E-state index in [-0.39, 0.29) is 17.1 Å². The van der Waals surface area contributed by atoms with E-state index < -0.39 is 11.7 Å². The van der Waals surface area contributed by atoms with Gasteiger partial charge in [-0.3, -0.25) is 4.79 Å². The highest BCUT2D eigenvalue weighted by Gasteiger charge is 2.15. The van der Waals surface area contributed by atoms with Crippen LogP contribution in [-0.4, -0.2) is 38.7 Å². The van der Waals surface area contributed by atoms with Crippen LogP contribution in [0.1, 0.15) is 21.7 Å². The van der Waals surface area contributed by atoms with Crippen LogP contribution in [0.4, 0.5) is 10.2 Å². The number of halogens is 2. The van der Waals surface area contributed by atoms with E-state index in [4.69, 9.17) is 11.6 Å². The second-order valence-electron chi connectivity index (χ2n) is 5.88. The number of carbonyl (C=O) groups excluding carboxylic acids is 1.